The zero-order chi connectivity index (χ0) is 19.5. The topological polar surface area (TPSA) is 68.0 Å². The first-order valence-corrected chi connectivity index (χ1v) is 9.39. The van der Waals surface area contributed by atoms with Crippen LogP contribution in [-0.2, 0) is 6.18 Å². The minimum atomic E-state index is -4.44. The second kappa shape index (κ2) is 6.15. The molecule has 0 unspecified atom stereocenters. The number of anilines is 2. The summed E-state index contributed by atoms with van der Waals surface area (Å²) in [7, 11) is 0. The van der Waals surface area contributed by atoms with Crippen molar-refractivity contribution in [3.8, 4) is 0 Å². The summed E-state index contributed by atoms with van der Waals surface area (Å²) in [6, 6.07) is 0.183. The second-order valence-corrected chi connectivity index (χ2v) is 7.57. The highest BCUT2D eigenvalue weighted by atomic mass is 19.4. The van der Waals surface area contributed by atoms with Gasteiger partial charge in [-0.2, -0.15) is 18.3 Å². The molecule has 9 heteroatoms. The summed E-state index contributed by atoms with van der Waals surface area (Å²) in [5.74, 6) is 0.0447. The number of alkyl halides is 3. The maximum atomic E-state index is 13.2. The van der Waals surface area contributed by atoms with Crippen LogP contribution >= 0.6 is 0 Å². The van der Waals surface area contributed by atoms with Gasteiger partial charge in [0.1, 0.15) is 0 Å². The molecule has 0 spiro atoms. The normalized spacial score (nSPS) is 21.5. The summed E-state index contributed by atoms with van der Waals surface area (Å²) >= 11 is 0. The molecular formula is C19H19F3N6. The fourth-order valence-electron chi connectivity index (χ4n) is 3.97. The van der Waals surface area contributed by atoms with Gasteiger partial charge in [0.2, 0.25) is 5.95 Å². The van der Waals surface area contributed by atoms with Crippen molar-refractivity contribution in [3.63, 3.8) is 0 Å². The smallest absolute Gasteiger partial charge is 0.321 e. The average Bonchev–Trinajstić information content (AvgIpc) is 3.08. The molecule has 0 radical (unpaired) electrons. The van der Waals surface area contributed by atoms with Crippen LogP contribution in [0.15, 0.2) is 28.5 Å². The maximum absolute atomic E-state index is 13.2. The van der Waals surface area contributed by atoms with Gasteiger partial charge in [0.05, 0.1) is 35.2 Å². The highest BCUT2D eigenvalue weighted by molar-refractivity contribution is 5.83. The van der Waals surface area contributed by atoms with E-state index < -0.39 is 11.7 Å². The van der Waals surface area contributed by atoms with Gasteiger partial charge in [-0.3, -0.25) is 9.67 Å². The van der Waals surface area contributed by atoms with E-state index in [0.717, 1.165) is 37.6 Å². The van der Waals surface area contributed by atoms with Gasteiger partial charge < -0.3 is 5.32 Å². The van der Waals surface area contributed by atoms with Crippen molar-refractivity contribution in [2.75, 3.05) is 11.9 Å². The minimum Gasteiger partial charge on any atom is -0.321 e. The average molecular weight is 388 g/mol. The van der Waals surface area contributed by atoms with Gasteiger partial charge in [-0.25, -0.2) is 9.97 Å². The third-order valence-electron chi connectivity index (χ3n) is 5.58. The van der Waals surface area contributed by atoms with Crippen LogP contribution in [0.3, 0.4) is 0 Å². The van der Waals surface area contributed by atoms with E-state index in [-0.39, 0.29) is 23.6 Å². The van der Waals surface area contributed by atoms with Crippen molar-refractivity contribution in [1.82, 2.24) is 19.7 Å². The number of aromatic nitrogens is 4. The molecule has 2 aromatic heterocycles. The summed E-state index contributed by atoms with van der Waals surface area (Å²) in [5.41, 5.74) is 3.41. The molecule has 3 heterocycles. The lowest BCUT2D eigenvalue weighted by molar-refractivity contribution is -0.138. The Morgan fingerprint density at radius 1 is 1.21 bits per heavy atom. The summed E-state index contributed by atoms with van der Waals surface area (Å²) < 4.78 is 41.6. The molecule has 1 aliphatic heterocycles. The van der Waals surface area contributed by atoms with Crippen LogP contribution in [-0.4, -0.2) is 32.5 Å². The van der Waals surface area contributed by atoms with Crippen LogP contribution < -0.4 is 5.32 Å². The molecule has 3 aliphatic rings. The number of hydrogen-bond donors (Lipinski definition) is 1. The molecule has 5 rings (SSSR count). The molecule has 1 atom stereocenters. The molecule has 146 valence electrons. The third-order valence-corrected chi connectivity index (χ3v) is 5.58. The van der Waals surface area contributed by atoms with E-state index >= 15 is 0 Å². The quantitative estimate of drug-likeness (QED) is 0.846. The number of aryl methyl sites for hydroxylation is 1. The first-order chi connectivity index (χ1) is 13.4. The molecule has 1 fully saturated rings. The van der Waals surface area contributed by atoms with Gasteiger partial charge in [-0.05, 0) is 43.8 Å². The van der Waals surface area contributed by atoms with Crippen LogP contribution in [0.2, 0.25) is 0 Å². The van der Waals surface area contributed by atoms with Crippen LogP contribution in [0.5, 0.6) is 0 Å². The fourth-order valence-corrected chi connectivity index (χ4v) is 3.97. The molecule has 6 nitrogen and oxygen atoms in total. The van der Waals surface area contributed by atoms with Crippen LogP contribution in [0.25, 0.3) is 0 Å². The van der Waals surface area contributed by atoms with Gasteiger partial charge in [-0.1, -0.05) is 0 Å². The van der Waals surface area contributed by atoms with Crippen molar-refractivity contribution in [2.24, 2.45) is 4.99 Å². The SMILES string of the molecule is Cc1nn([C@H]2CCC3=C2CN=C3)cc1Nc1ncc(C(F)(F)F)c(C2CC2)n1. The number of allylic oxidation sites excluding steroid dienone is 1. The van der Waals surface area contributed by atoms with Crippen molar-refractivity contribution in [2.45, 2.75) is 50.7 Å². The van der Waals surface area contributed by atoms with E-state index in [1.54, 1.807) is 0 Å². The summed E-state index contributed by atoms with van der Waals surface area (Å²) in [4.78, 5) is 12.4. The van der Waals surface area contributed by atoms with E-state index in [9.17, 15) is 13.2 Å². The highest BCUT2D eigenvalue weighted by Gasteiger charge is 2.40. The Kier molecular flexibility index (Phi) is 3.82. The Labute approximate surface area is 159 Å². The molecule has 2 aromatic rings. The summed E-state index contributed by atoms with van der Waals surface area (Å²) in [5, 5.41) is 7.66. The number of nitrogens with zero attached hydrogens (tertiary/aromatic N) is 5. The Bertz CT molecular complexity index is 1000. The third kappa shape index (κ3) is 2.98. The van der Waals surface area contributed by atoms with E-state index in [0.29, 0.717) is 12.2 Å². The molecule has 28 heavy (non-hydrogen) atoms. The highest BCUT2D eigenvalue weighted by Crippen LogP contribution is 2.45. The molecule has 0 saturated heterocycles. The number of rotatable bonds is 4. The molecule has 2 aliphatic carbocycles. The Morgan fingerprint density at radius 2 is 2.04 bits per heavy atom. The van der Waals surface area contributed by atoms with Gasteiger partial charge >= 0.3 is 6.18 Å². The Hall–Kier alpha value is -2.71. The molecule has 1 N–H and O–H groups in total. The molecular weight excluding hydrogens is 369 g/mol. The summed E-state index contributed by atoms with van der Waals surface area (Å²) in [6.07, 6.45) is 3.72. The first-order valence-electron chi connectivity index (χ1n) is 9.39. The van der Waals surface area contributed by atoms with E-state index in [4.69, 9.17) is 0 Å². The maximum Gasteiger partial charge on any atom is 0.419 e. The van der Waals surface area contributed by atoms with E-state index in [2.05, 4.69) is 25.4 Å². The molecule has 0 aromatic carbocycles. The molecule has 0 bridgehead atoms. The lowest BCUT2D eigenvalue weighted by Crippen LogP contribution is -2.12. The van der Waals surface area contributed by atoms with Gasteiger partial charge in [-0.15, -0.1) is 0 Å². The number of hydrogen-bond acceptors (Lipinski definition) is 5. The lowest BCUT2D eigenvalue weighted by Gasteiger charge is -2.13. The Morgan fingerprint density at radius 3 is 2.79 bits per heavy atom. The Balaban J connectivity index is 1.41. The molecule has 1 saturated carbocycles. The second-order valence-electron chi connectivity index (χ2n) is 7.57. The molecule has 0 amide bonds. The summed E-state index contributed by atoms with van der Waals surface area (Å²) in [6.45, 7) is 2.58. The van der Waals surface area contributed by atoms with Crippen molar-refractivity contribution < 1.29 is 13.2 Å². The number of aliphatic imine (C=N–C) groups is 1. The van der Waals surface area contributed by atoms with Crippen molar-refractivity contribution in [3.05, 3.63) is 40.5 Å². The van der Waals surface area contributed by atoms with E-state index in [1.165, 1.54) is 11.1 Å². The van der Waals surface area contributed by atoms with Gasteiger partial charge in [0.25, 0.3) is 0 Å². The van der Waals surface area contributed by atoms with Crippen molar-refractivity contribution in [1.29, 1.82) is 0 Å². The zero-order valence-electron chi connectivity index (χ0n) is 15.3. The number of halogens is 3. The number of nitrogens with one attached hydrogen (secondary N) is 1. The van der Waals surface area contributed by atoms with Crippen LogP contribution in [0, 0.1) is 6.92 Å². The van der Waals surface area contributed by atoms with Crippen LogP contribution in [0.1, 0.15) is 54.6 Å². The predicted molar refractivity (Wildman–Crippen MR) is 97.9 cm³/mol. The first kappa shape index (κ1) is 17.4. The largest absolute Gasteiger partial charge is 0.419 e. The van der Waals surface area contributed by atoms with Crippen LogP contribution in [0.4, 0.5) is 24.8 Å². The standard InChI is InChI=1S/C19H19F3N6/c1-10-15(9-28(27-10)16-5-4-12-6-23-7-13(12)16)25-18-24-8-14(19(20,21)22)17(26-18)11-2-3-11/h6,8-9,11,16H,2-5,7H2,1H3,(H,24,25,26)/t16-/m0/s1. The lowest BCUT2D eigenvalue weighted by atomic mass is 10.1. The van der Waals surface area contributed by atoms with Crippen molar-refractivity contribution >= 4 is 17.9 Å². The minimum absolute atomic E-state index is 0.0868. The predicted octanol–water partition coefficient (Wildman–Crippen LogP) is 4.34. The zero-order valence-corrected chi connectivity index (χ0v) is 15.3. The van der Waals surface area contributed by atoms with Gasteiger partial charge in [0, 0.05) is 24.5 Å². The fraction of sp³-hybridized carbons (Fsp3) is 0.474. The van der Waals surface area contributed by atoms with Gasteiger partial charge in [0.15, 0.2) is 0 Å². The van der Waals surface area contributed by atoms with E-state index in [1.807, 2.05) is 24.0 Å². The monoisotopic (exact) mass is 388 g/mol.